The second-order valence-electron chi connectivity index (χ2n) is 6.05. The van der Waals surface area contributed by atoms with Crippen molar-refractivity contribution in [2.45, 2.75) is 39.0 Å². The van der Waals surface area contributed by atoms with Gasteiger partial charge in [0.15, 0.2) is 0 Å². The predicted molar refractivity (Wildman–Crippen MR) is 86.5 cm³/mol. The van der Waals surface area contributed by atoms with Gasteiger partial charge in [-0.15, -0.1) is 0 Å². The van der Waals surface area contributed by atoms with Crippen molar-refractivity contribution in [1.29, 1.82) is 0 Å². The first-order chi connectivity index (χ1) is 9.94. The molecule has 2 aromatic rings. The highest BCUT2D eigenvalue weighted by atomic mass is 16.4. The van der Waals surface area contributed by atoms with Crippen molar-refractivity contribution in [2.75, 3.05) is 0 Å². The number of carbonyl (C=O) groups is 1. The SMILES string of the molecule is CCc1ccc(C(C)(C)CC(=O)O)cc1-c1ccccc1. The molecule has 21 heavy (non-hydrogen) atoms. The molecule has 0 saturated carbocycles. The third kappa shape index (κ3) is 3.52. The Morgan fingerprint density at radius 2 is 1.76 bits per heavy atom. The molecular formula is C19H22O2. The lowest BCUT2D eigenvalue weighted by molar-refractivity contribution is -0.138. The molecular weight excluding hydrogens is 260 g/mol. The summed E-state index contributed by atoms with van der Waals surface area (Å²) >= 11 is 0. The van der Waals surface area contributed by atoms with Crippen LogP contribution in [0.2, 0.25) is 0 Å². The van der Waals surface area contributed by atoms with Gasteiger partial charge in [-0.25, -0.2) is 0 Å². The zero-order valence-corrected chi connectivity index (χ0v) is 12.9. The van der Waals surface area contributed by atoms with Gasteiger partial charge in [-0.2, -0.15) is 0 Å². The fraction of sp³-hybridized carbons (Fsp3) is 0.316. The average molecular weight is 282 g/mol. The minimum absolute atomic E-state index is 0.132. The standard InChI is InChI=1S/C19H22O2/c1-4-14-10-11-16(19(2,3)13-18(20)21)12-17(14)15-8-6-5-7-9-15/h5-12H,4,13H2,1-3H3,(H,20,21). The van der Waals surface area contributed by atoms with E-state index >= 15 is 0 Å². The van der Waals surface area contributed by atoms with Gasteiger partial charge in [-0.1, -0.05) is 69.3 Å². The number of carboxylic acid groups (broad SMARTS) is 1. The second-order valence-corrected chi connectivity index (χ2v) is 6.05. The Hall–Kier alpha value is -2.09. The minimum Gasteiger partial charge on any atom is -0.481 e. The van der Waals surface area contributed by atoms with E-state index in [1.807, 2.05) is 32.0 Å². The van der Waals surface area contributed by atoms with E-state index in [0.29, 0.717) is 0 Å². The summed E-state index contributed by atoms with van der Waals surface area (Å²) in [5.41, 5.74) is 4.37. The largest absolute Gasteiger partial charge is 0.481 e. The van der Waals surface area contributed by atoms with Gasteiger partial charge in [0, 0.05) is 5.41 Å². The van der Waals surface area contributed by atoms with Crippen LogP contribution in [0.3, 0.4) is 0 Å². The van der Waals surface area contributed by atoms with Crippen LogP contribution in [0.5, 0.6) is 0 Å². The Bertz CT molecular complexity index is 627. The quantitative estimate of drug-likeness (QED) is 0.865. The maximum atomic E-state index is 11.1. The van der Waals surface area contributed by atoms with Crippen LogP contribution >= 0.6 is 0 Å². The second kappa shape index (κ2) is 6.13. The first kappa shape index (κ1) is 15.3. The van der Waals surface area contributed by atoms with Gasteiger partial charge >= 0.3 is 5.97 Å². The lowest BCUT2D eigenvalue weighted by Gasteiger charge is -2.24. The lowest BCUT2D eigenvalue weighted by atomic mass is 9.79. The fourth-order valence-corrected chi connectivity index (χ4v) is 2.67. The maximum absolute atomic E-state index is 11.1. The number of hydrogen-bond acceptors (Lipinski definition) is 1. The topological polar surface area (TPSA) is 37.3 Å². The van der Waals surface area contributed by atoms with Gasteiger partial charge in [-0.3, -0.25) is 4.79 Å². The molecule has 0 aliphatic carbocycles. The Morgan fingerprint density at radius 1 is 1.10 bits per heavy atom. The Kier molecular flexibility index (Phi) is 4.46. The van der Waals surface area contributed by atoms with Crippen molar-refractivity contribution in [3.8, 4) is 11.1 Å². The molecule has 0 heterocycles. The summed E-state index contributed by atoms with van der Waals surface area (Å²) in [6, 6.07) is 16.6. The van der Waals surface area contributed by atoms with Gasteiger partial charge in [0.1, 0.15) is 0 Å². The summed E-state index contributed by atoms with van der Waals surface area (Å²) in [7, 11) is 0. The van der Waals surface area contributed by atoms with E-state index in [0.717, 1.165) is 12.0 Å². The number of benzene rings is 2. The van der Waals surface area contributed by atoms with Gasteiger partial charge in [-0.05, 0) is 28.7 Å². The van der Waals surface area contributed by atoms with E-state index in [-0.39, 0.29) is 11.8 Å². The van der Waals surface area contributed by atoms with E-state index in [2.05, 4.69) is 37.3 Å². The van der Waals surface area contributed by atoms with Crippen molar-refractivity contribution in [3.05, 3.63) is 59.7 Å². The van der Waals surface area contributed by atoms with Crippen LogP contribution in [-0.4, -0.2) is 11.1 Å². The third-order valence-corrected chi connectivity index (χ3v) is 3.95. The monoisotopic (exact) mass is 282 g/mol. The summed E-state index contributed by atoms with van der Waals surface area (Å²) in [5, 5.41) is 9.10. The minimum atomic E-state index is -0.763. The fourth-order valence-electron chi connectivity index (χ4n) is 2.67. The Labute approximate surface area is 126 Å². The predicted octanol–water partition coefficient (Wildman–Crippen LogP) is 4.67. The van der Waals surface area contributed by atoms with Crippen molar-refractivity contribution >= 4 is 5.97 Å². The normalized spacial score (nSPS) is 11.4. The molecule has 2 aromatic carbocycles. The highest BCUT2D eigenvalue weighted by Gasteiger charge is 2.24. The van der Waals surface area contributed by atoms with E-state index < -0.39 is 5.97 Å². The highest BCUT2D eigenvalue weighted by molar-refractivity contribution is 5.71. The average Bonchev–Trinajstić information content (AvgIpc) is 2.46. The van der Waals surface area contributed by atoms with Crippen LogP contribution < -0.4 is 0 Å². The molecule has 0 saturated heterocycles. The summed E-state index contributed by atoms with van der Waals surface area (Å²) in [6.07, 6.45) is 1.09. The van der Waals surface area contributed by atoms with Gasteiger partial charge in [0.2, 0.25) is 0 Å². The number of carboxylic acids is 1. The molecule has 0 radical (unpaired) electrons. The van der Waals surface area contributed by atoms with E-state index in [1.54, 1.807) is 0 Å². The number of aryl methyl sites for hydroxylation is 1. The van der Waals surface area contributed by atoms with Crippen LogP contribution in [0.4, 0.5) is 0 Å². The lowest BCUT2D eigenvalue weighted by Crippen LogP contribution is -2.21. The van der Waals surface area contributed by atoms with Crippen molar-refractivity contribution in [3.63, 3.8) is 0 Å². The first-order valence-electron chi connectivity index (χ1n) is 7.34. The Balaban J connectivity index is 2.50. The molecule has 2 heteroatoms. The zero-order chi connectivity index (χ0) is 15.5. The molecule has 0 aliphatic rings. The summed E-state index contributed by atoms with van der Waals surface area (Å²) in [5.74, 6) is -0.763. The molecule has 0 spiro atoms. The first-order valence-corrected chi connectivity index (χ1v) is 7.34. The molecule has 0 fully saturated rings. The van der Waals surface area contributed by atoms with Crippen LogP contribution in [0.1, 0.15) is 38.3 Å². The maximum Gasteiger partial charge on any atom is 0.304 e. The van der Waals surface area contributed by atoms with Gasteiger partial charge in [0.05, 0.1) is 6.42 Å². The molecule has 0 aliphatic heterocycles. The van der Waals surface area contributed by atoms with Crippen LogP contribution in [0.15, 0.2) is 48.5 Å². The Morgan fingerprint density at radius 3 is 2.33 bits per heavy atom. The number of aliphatic carboxylic acids is 1. The molecule has 110 valence electrons. The number of hydrogen-bond donors (Lipinski definition) is 1. The van der Waals surface area contributed by atoms with Crippen molar-refractivity contribution < 1.29 is 9.90 Å². The van der Waals surface area contributed by atoms with Crippen LogP contribution in [-0.2, 0) is 16.6 Å². The molecule has 0 atom stereocenters. The summed E-state index contributed by atoms with van der Waals surface area (Å²) < 4.78 is 0. The zero-order valence-electron chi connectivity index (χ0n) is 12.9. The molecule has 2 nitrogen and oxygen atoms in total. The van der Waals surface area contributed by atoms with E-state index in [1.165, 1.54) is 16.7 Å². The third-order valence-electron chi connectivity index (χ3n) is 3.95. The van der Waals surface area contributed by atoms with E-state index in [4.69, 9.17) is 5.11 Å². The van der Waals surface area contributed by atoms with Crippen molar-refractivity contribution in [2.24, 2.45) is 0 Å². The molecule has 0 amide bonds. The smallest absolute Gasteiger partial charge is 0.304 e. The van der Waals surface area contributed by atoms with Crippen LogP contribution in [0, 0.1) is 0 Å². The highest BCUT2D eigenvalue weighted by Crippen LogP contribution is 2.33. The van der Waals surface area contributed by atoms with Crippen LogP contribution in [0.25, 0.3) is 11.1 Å². The molecule has 0 unspecified atom stereocenters. The van der Waals surface area contributed by atoms with Gasteiger partial charge < -0.3 is 5.11 Å². The summed E-state index contributed by atoms with van der Waals surface area (Å²) in [4.78, 5) is 11.1. The number of rotatable bonds is 5. The van der Waals surface area contributed by atoms with E-state index in [9.17, 15) is 4.79 Å². The molecule has 0 aromatic heterocycles. The summed E-state index contributed by atoms with van der Waals surface area (Å²) in [6.45, 7) is 6.11. The van der Waals surface area contributed by atoms with Gasteiger partial charge in [0.25, 0.3) is 0 Å². The molecule has 0 bridgehead atoms. The van der Waals surface area contributed by atoms with Crippen molar-refractivity contribution in [1.82, 2.24) is 0 Å². The molecule has 2 rings (SSSR count). The molecule has 1 N–H and O–H groups in total.